The minimum atomic E-state index is -0.0221. The molecular weight excluding hydrogens is 264 g/mol. The summed E-state index contributed by atoms with van der Waals surface area (Å²) < 4.78 is 0. The molecule has 0 aromatic heterocycles. The lowest BCUT2D eigenvalue weighted by Crippen LogP contribution is -2.54. The van der Waals surface area contributed by atoms with E-state index in [0.29, 0.717) is 6.04 Å². The van der Waals surface area contributed by atoms with Gasteiger partial charge in [0.2, 0.25) is 0 Å². The van der Waals surface area contributed by atoms with E-state index in [4.69, 9.17) is 5.73 Å². The maximum Gasteiger partial charge on any atom is 0.321 e. The van der Waals surface area contributed by atoms with Crippen LogP contribution in [0.3, 0.4) is 0 Å². The molecular formula is C16H26N4O. The van der Waals surface area contributed by atoms with Gasteiger partial charge < -0.3 is 16.0 Å². The third-order valence-corrected chi connectivity index (χ3v) is 4.15. The molecule has 0 aliphatic carbocycles. The van der Waals surface area contributed by atoms with Crippen molar-refractivity contribution in [2.24, 2.45) is 5.73 Å². The minimum absolute atomic E-state index is 0.0118. The van der Waals surface area contributed by atoms with E-state index >= 15 is 0 Å². The molecule has 3 N–H and O–H groups in total. The monoisotopic (exact) mass is 290 g/mol. The van der Waals surface area contributed by atoms with E-state index in [1.807, 2.05) is 36.1 Å². The third kappa shape index (κ3) is 3.95. The van der Waals surface area contributed by atoms with Crippen LogP contribution in [0.1, 0.15) is 32.4 Å². The van der Waals surface area contributed by atoms with Crippen LogP contribution in [0, 0.1) is 0 Å². The number of carbonyl (C=O) groups excluding carboxylic acids is 1. The number of carbonyl (C=O) groups is 1. The molecule has 0 saturated carbocycles. The molecule has 1 heterocycles. The zero-order valence-corrected chi connectivity index (χ0v) is 13.2. The maximum absolute atomic E-state index is 12.3. The molecule has 1 aromatic carbocycles. The molecule has 5 nitrogen and oxygen atoms in total. The number of hydrogen-bond donors (Lipinski definition) is 2. The number of nitrogens with two attached hydrogens (primary N) is 1. The van der Waals surface area contributed by atoms with Crippen molar-refractivity contribution in [2.75, 3.05) is 31.5 Å². The highest BCUT2D eigenvalue weighted by Gasteiger charge is 2.25. The lowest BCUT2D eigenvalue weighted by Gasteiger charge is -2.39. The average molecular weight is 290 g/mol. The molecule has 2 amide bonds. The molecule has 1 aromatic rings. The van der Waals surface area contributed by atoms with Crippen LogP contribution >= 0.6 is 0 Å². The SMILES string of the molecule is CCN1CCN(C(=O)Nc2ccc(C(C)N)cc2)CC1C. The van der Waals surface area contributed by atoms with Crippen molar-refractivity contribution in [1.29, 1.82) is 0 Å². The average Bonchev–Trinajstić information content (AvgIpc) is 2.47. The van der Waals surface area contributed by atoms with Gasteiger partial charge in [0.05, 0.1) is 0 Å². The van der Waals surface area contributed by atoms with Crippen LogP contribution in [-0.2, 0) is 0 Å². The first-order valence-corrected chi connectivity index (χ1v) is 7.66. The van der Waals surface area contributed by atoms with Crippen LogP contribution in [0.5, 0.6) is 0 Å². The Labute approximate surface area is 127 Å². The van der Waals surface area contributed by atoms with Crippen LogP contribution in [0.25, 0.3) is 0 Å². The summed E-state index contributed by atoms with van der Waals surface area (Å²) >= 11 is 0. The molecule has 5 heteroatoms. The molecule has 21 heavy (non-hydrogen) atoms. The van der Waals surface area contributed by atoms with Crippen molar-refractivity contribution in [3.05, 3.63) is 29.8 Å². The minimum Gasteiger partial charge on any atom is -0.324 e. The molecule has 116 valence electrons. The van der Waals surface area contributed by atoms with E-state index in [2.05, 4.69) is 24.1 Å². The van der Waals surface area contributed by atoms with Gasteiger partial charge in [0.15, 0.2) is 0 Å². The summed E-state index contributed by atoms with van der Waals surface area (Å²) in [5.41, 5.74) is 7.71. The second-order valence-corrected chi connectivity index (χ2v) is 5.76. The van der Waals surface area contributed by atoms with Crippen molar-refractivity contribution in [3.8, 4) is 0 Å². The molecule has 0 spiro atoms. The van der Waals surface area contributed by atoms with Crippen LogP contribution in [0.2, 0.25) is 0 Å². The topological polar surface area (TPSA) is 61.6 Å². The highest BCUT2D eigenvalue weighted by atomic mass is 16.2. The van der Waals surface area contributed by atoms with Gasteiger partial charge in [-0.3, -0.25) is 4.90 Å². The molecule has 2 unspecified atom stereocenters. The number of nitrogens with one attached hydrogen (secondary N) is 1. The first kappa shape index (κ1) is 15.8. The number of anilines is 1. The lowest BCUT2D eigenvalue weighted by atomic mass is 10.1. The molecule has 0 radical (unpaired) electrons. The molecule has 2 atom stereocenters. The summed E-state index contributed by atoms with van der Waals surface area (Å²) in [7, 11) is 0. The molecule has 2 rings (SSSR count). The van der Waals surface area contributed by atoms with Crippen LogP contribution < -0.4 is 11.1 Å². The fraction of sp³-hybridized carbons (Fsp3) is 0.562. The summed E-state index contributed by atoms with van der Waals surface area (Å²) in [4.78, 5) is 16.6. The molecule has 0 bridgehead atoms. The Kier molecular flexibility index (Phi) is 5.20. The van der Waals surface area contributed by atoms with Gasteiger partial charge in [0, 0.05) is 37.4 Å². The van der Waals surface area contributed by atoms with Crippen LogP contribution in [0.15, 0.2) is 24.3 Å². The Morgan fingerprint density at radius 1 is 1.38 bits per heavy atom. The fourth-order valence-corrected chi connectivity index (χ4v) is 2.72. The number of likely N-dealkylation sites (N-methyl/N-ethyl adjacent to an activating group) is 1. The maximum atomic E-state index is 12.3. The Balaban J connectivity index is 1.92. The number of rotatable bonds is 3. The molecule has 1 aliphatic heterocycles. The number of amides is 2. The van der Waals surface area contributed by atoms with E-state index in [0.717, 1.165) is 37.4 Å². The van der Waals surface area contributed by atoms with Gasteiger partial charge in [0.25, 0.3) is 0 Å². The number of urea groups is 1. The predicted molar refractivity (Wildman–Crippen MR) is 86.3 cm³/mol. The van der Waals surface area contributed by atoms with Crippen molar-refractivity contribution in [1.82, 2.24) is 9.80 Å². The van der Waals surface area contributed by atoms with Crippen molar-refractivity contribution in [3.63, 3.8) is 0 Å². The molecule has 1 aliphatic rings. The summed E-state index contributed by atoms with van der Waals surface area (Å²) in [6.45, 7) is 9.80. The van der Waals surface area contributed by atoms with Crippen LogP contribution in [-0.4, -0.2) is 48.1 Å². The van der Waals surface area contributed by atoms with Gasteiger partial charge in [-0.25, -0.2) is 4.79 Å². The summed E-state index contributed by atoms with van der Waals surface area (Å²) in [5, 5.41) is 2.96. The first-order valence-electron chi connectivity index (χ1n) is 7.66. The van der Waals surface area contributed by atoms with Gasteiger partial charge in [-0.1, -0.05) is 19.1 Å². The van der Waals surface area contributed by atoms with Crippen molar-refractivity contribution in [2.45, 2.75) is 32.9 Å². The third-order valence-electron chi connectivity index (χ3n) is 4.15. The molecule has 1 saturated heterocycles. The Morgan fingerprint density at radius 2 is 2.05 bits per heavy atom. The Hall–Kier alpha value is -1.59. The van der Waals surface area contributed by atoms with E-state index in [-0.39, 0.29) is 12.1 Å². The summed E-state index contributed by atoms with van der Waals surface area (Å²) in [5.74, 6) is 0. The fourth-order valence-electron chi connectivity index (χ4n) is 2.72. The highest BCUT2D eigenvalue weighted by Crippen LogP contribution is 2.16. The van der Waals surface area contributed by atoms with E-state index in [9.17, 15) is 4.79 Å². The van der Waals surface area contributed by atoms with Gasteiger partial charge in [-0.2, -0.15) is 0 Å². The zero-order chi connectivity index (χ0) is 15.4. The summed E-state index contributed by atoms with van der Waals surface area (Å²) in [6.07, 6.45) is 0. The first-order chi connectivity index (χ1) is 10.0. The van der Waals surface area contributed by atoms with Gasteiger partial charge in [0.1, 0.15) is 0 Å². The number of hydrogen-bond acceptors (Lipinski definition) is 3. The Bertz CT molecular complexity index is 472. The number of piperazine rings is 1. The summed E-state index contributed by atoms with van der Waals surface area (Å²) in [6, 6.07) is 8.12. The molecule has 1 fully saturated rings. The standard InChI is InChI=1S/C16H26N4O/c1-4-19-9-10-20(11-12(19)2)16(21)18-15-7-5-14(6-8-15)13(3)17/h5-8,12-13H,4,9-11,17H2,1-3H3,(H,18,21). The second-order valence-electron chi connectivity index (χ2n) is 5.76. The van der Waals surface area contributed by atoms with Crippen molar-refractivity contribution < 1.29 is 4.79 Å². The highest BCUT2D eigenvalue weighted by molar-refractivity contribution is 5.89. The predicted octanol–water partition coefficient (Wildman–Crippen LogP) is 2.26. The zero-order valence-electron chi connectivity index (χ0n) is 13.2. The van der Waals surface area contributed by atoms with Gasteiger partial charge >= 0.3 is 6.03 Å². The lowest BCUT2D eigenvalue weighted by molar-refractivity contribution is 0.108. The quantitative estimate of drug-likeness (QED) is 0.897. The normalized spacial score (nSPS) is 21.1. The van der Waals surface area contributed by atoms with Crippen molar-refractivity contribution >= 4 is 11.7 Å². The van der Waals surface area contributed by atoms with Gasteiger partial charge in [-0.05, 0) is 38.1 Å². The largest absolute Gasteiger partial charge is 0.324 e. The number of benzene rings is 1. The second kappa shape index (κ2) is 6.91. The van der Waals surface area contributed by atoms with E-state index in [1.165, 1.54) is 0 Å². The number of nitrogens with zero attached hydrogens (tertiary/aromatic N) is 2. The van der Waals surface area contributed by atoms with E-state index in [1.54, 1.807) is 0 Å². The van der Waals surface area contributed by atoms with Crippen LogP contribution in [0.4, 0.5) is 10.5 Å². The van der Waals surface area contributed by atoms with E-state index < -0.39 is 0 Å². The smallest absolute Gasteiger partial charge is 0.321 e. The van der Waals surface area contributed by atoms with Gasteiger partial charge in [-0.15, -0.1) is 0 Å². The Morgan fingerprint density at radius 3 is 2.57 bits per heavy atom.